The van der Waals surface area contributed by atoms with Crippen molar-refractivity contribution < 1.29 is 4.74 Å². The lowest BCUT2D eigenvalue weighted by molar-refractivity contribution is -0.0393. The maximum Gasteiger partial charge on any atom is 0.254 e. The summed E-state index contributed by atoms with van der Waals surface area (Å²) in [5.41, 5.74) is 1.36. The quantitative estimate of drug-likeness (QED) is 0.869. The SMILES string of the molecule is CCOC(C)(CC)c1nc2c(c(=O)[nH]1)CCC2. The number of aromatic nitrogens is 2. The van der Waals surface area contributed by atoms with Crippen LogP contribution >= 0.6 is 0 Å². The van der Waals surface area contributed by atoms with Crippen LogP contribution < -0.4 is 5.56 Å². The van der Waals surface area contributed by atoms with E-state index >= 15 is 0 Å². The second-order valence-electron chi connectivity index (χ2n) is 4.71. The maximum absolute atomic E-state index is 11.9. The summed E-state index contributed by atoms with van der Waals surface area (Å²) < 4.78 is 5.75. The normalized spacial score (nSPS) is 17.8. The van der Waals surface area contributed by atoms with Crippen molar-refractivity contribution >= 4 is 0 Å². The number of hydrogen-bond donors (Lipinski definition) is 1. The molecule has 1 N–H and O–H groups in total. The van der Waals surface area contributed by atoms with E-state index in [-0.39, 0.29) is 5.56 Å². The van der Waals surface area contributed by atoms with Crippen molar-refractivity contribution in [3.05, 3.63) is 27.4 Å². The van der Waals surface area contributed by atoms with Crippen molar-refractivity contribution in [1.29, 1.82) is 0 Å². The molecule has 0 aliphatic heterocycles. The van der Waals surface area contributed by atoms with E-state index in [9.17, 15) is 4.79 Å². The third kappa shape index (κ3) is 2.14. The van der Waals surface area contributed by atoms with E-state index in [1.807, 2.05) is 20.8 Å². The highest BCUT2D eigenvalue weighted by molar-refractivity contribution is 5.24. The maximum atomic E-state index is 11.9. The van der Waals surface area contributed by atoms with Crippen LogP contribution in [-0.2, 0) is 23.2 Å². The molecular weight excluding hydrogens is 216 g/mol. The first-order valence-corrected chi connectivity index (χ1v) is 6.37. The fraction of sp³-hybridized carbons (Fsp3) is 0.692. The van der Waals surface area contributed by atoms with Crippen molar-refractivity contribution in [3.63, 3.8) is 0 Å². The molecule has 94 valence electrons. The van der Waals surface area contributed by atoms with E-state index < -0.39 is 5.60 Å². The van der Waals surface area contributed by atoms with E-state index in [0.29, 0.717) is 12.4 Å². The summed E-state index contributed by atoms with van der Waals surface area (Å²) in [6, 6.07) is 0. The van der Waals surface area contributed by atoms with E-state index in [0.717, 1.165) is 36.9 Å². The lowest BCUT2D eigenvalue weighted by atomic mass is 10.0. The van der Waals surface area contributed by atoms with E-state index in [1.165, 1.54) is 0 Å². The fourth-order valence-corrected chi connectivity index (χ4v) is 2.35. The predicted molar refractivity (Wildman–Crippen MR) is 66.2 cm³/mol. The van der Waals surface area contributed by atoms with Gasteiger partial charge in [-0.05, 0) is 39.5 Å². The second kappa shape index (κ2) is 4.61. The Bertz CT molecular complexity index is 467. The highest BCUT2D eigenvalue weighted by atomic mass is 16.5. The molecule has 1 aromatic heterocycles. The van der Waals surface area contributed by atoms with Crippen molar-refractivity contribution in [1.82, 2.24) is 9.97 Å². The third-order valence-corrected chi connectivity index (χ3v) is 3.58. The topological polar surface area (TPSA) is 55.0 Å². The number of fused-ring (bicyclic) bond motifs is 1. The Labute approximate surface area is 101 Å². The molecule has 4 nitrogen and oxygen atoms in total. The minimum atomic E-state index is -0.481. The Morgan fingerprint density at radius 1 is 1.41 bits per heavy atom. The Morgan fingerprint density at radius 3 is 2.82 bits per heavy atom. The summed E-state index contributed by atoms with van der Waals surface area (Å²) in [6.07, 6.45) is 3.60. The van der Waals surface area contributed by atoms with Crippen molar-refractivity contribution in [2.75, 3.05) is 6.61 Å². The van der Waals surface area contributed by atoms with Gasteiger partial charge in [-0.3, -0.25) is 4.79 Å². The predicted octanol–water partition coefficient (Wildman–Crippen LogP) is 1.92. The molecule has 17 heavy (non-hydrogen) atoms. The van der Waals surface area contributed by atoms with E-state index in [4.69, 9.17) is 4.74 Å². The first kappa shape index (κ1) is 12.3. The van der Waals surface area contributed by atoms with Gasteiger partial charge in [-0.25, -0.2) is 4.98 Å². The molecule has 1 aliphatic rings. The summed E-state index contributed by atoms with van der Waals surface area (Å²) in [6.45, 7) is 6.60. The number of nitrogens with zero attached hydrogens (tertiary/aromatic N) is 1. The Hall–Kier alpha value is -1.16. The van der Waals surface area contributed by atoms with Gasteiger partial charge in [0.05, 0.1) is 5.69 Å². The zero-order chi connectivity index (χ0) is 12.5. The van der Waals surface area contributed by atoms with Crippen LogP contribution in [0.4, 0.5) is 0 Å². The van der Waals surface area contributed by atoms with Gasteiger partial charge in [0.2, 0.25) is 0 Å². The van der Waals surface area contributed by atoms with Gasteiger partial charge in [0.15, 0.2) is 0 Å². The number of nitrogens with one attached hydrogen (secondary N) is 1. The minimum absolute atomic E-state index is 0.0156. The number of aromatic amines is 1. The molecule has 1 atom stereocenters. The smallest absolute Gasteiger partial charge is 0.254 e. The van der Waals surface area contributed by atoms with Gasteiger partial charge in [-0.2, -0.15) is 0 Å². The van der Waals surface area contributed by atoms with Crippen LogP contribution in [0.15, 0.2) is 4.79 Å². The molecule has 0 saturated heterocycles. The van der Waals surface area contributed by atoms with Gasteiger partial charge in [-0.15, -0.1) is 0 Å². The molecule has 2 rings (SSSR count). The molecular formula is C13H20N2O2. The summed E-state index contributed by atoms with van der Waals surface area (Å²) in [5, 5.41) is 0. The van der Waals surface area contributed by atoms with Crippen molar-refractivity contribution in [2.24, 2.45) is 0 Å². The van der Waals surface area contributed by atoms with Gasteiger partial charge < -0.3 is 9.72 Å². The lowest BCUT2D eigenvalue weighted by Crippen LogP contribution is -2.31. The molecule has 0 spiro atoms. The van der Waals surface area contributed by atoms with Gasteiger partial charge in [-0.1, -0.05) is 6.92 Å². The monoisotopic (exact) mass is 236 g/mol. The fourth-order valence-electron chi connectivity index (χ4n) is 2.35. The zero-order valence-corrected chi connectivity index (χ0v) is 10.8. The highest BCUT2D eigenvalue weighted by Crippen LogP contribution is 2.27. The summed E-state index contributed by atoms with van der Waals surface area (Å²) in [7, 11) is 0. The Morgan fingerprint density at radius 2 is 2.18 bits per heavy atom. The molecule has 0 aromatic carbocycles. The van der Waals surface area contributed by atoms with Crippen LogP contribution in [0.1, 0.15) is 50.7 Å². The number of ether oxygens (including phenoxy) is 1. The standard InChI is InChI=1S/C13H20N2O2/c1-4-13(3,17-5-2)12-14-10-8-6-7-9(10)11(16)15-12/h4-8H2,1-3H3,(H,14,15,16). The summed E-state index contributed by atoms with van der Waals surface area (Å²) in [5.74, 6) is 0.674. The van der Waals surface area contributed by atoms with Gasteiger partial charge in [0, 0.05) is 12.2 Å². The van der Waals surface area contributed by atoms with Gasteiger partial charge >= 0.3 is 0 Å². The number of aryl methyl sites for hydroxylation is 1. The van der Waals surface area contributed by atoms with E-state index in [2.05, 4.69) is 9.97 Å². The van der Waals surface area contributed by atoms with Crippen molar-refractivity contribution in [2.45, 2.75) is 52.1 Å². The first-order valence-electron chi connectivity index (χ1n) is 6.37. The molecule has 0 amide bonds. The average Bonchev–Trinajstić information content (AvgIpc) is 2.78. The molecule has 1 unspecified atom stereocenters. The minimum Gasteiger partial charge on any atom is -0.368 e. The molecule has 1 aromatic rings. The number of H-pyrrole nitrogens is 1. The van der Waals surface area contributed by atoms with Crippen LogP contribution in [0, 0.1) is 0 Å². The molecule has 0 saturated carbocycles. The first-order chi connectivity index (χ1) is 8.10. The van der Waals surface area contributed by atoms with Crippen molar-refractivity contribution in [3.8, 4) is 0 Å². The molecule has 4 heteroatoms. The van der Waals surface area contributed by atoms with Gasteiger partial charge in [0.1, 0.15) is 11.4 Å². The van der Waals surface area contributed by atoms with Crippen LogP contribution in [0.5, 0.6) is 0 Å². The van der Waals surface area contributed by atoms with Crippen LogP contribution in [0.2, 0.25) is 0 Å². The second-order valence-corrected chi connectivity index (χ2v) is 4.71. The summed E-state index contributed by atoms with van der Waals surface area (Å²) >= 11 is 0. The molecule has 1 heterocycles. The summed E-state index contributed by atoms with van der Waals surface area (Å²) in [4.78, 5) is 19.4. The third-order valence-electron chi connectivity index (χ3n) is 3.58. The average molecular weight is 236 g/mol. The zero-order valence-electron chi connectivity index (χ0n) is 10.8. The number of hydrogen-bond acceptors (Lipinski definition) is 3. The van der Waals surface area contributed by atoms with E-state index in [1.54, 1.807) is 0 Å². The molecule has 0 fully saturated rings. The van der Waals surface area contributed by atoms with Crippen LogP contribution in [0.3, 0.4) is 0 Å². The Kier molecular flexibility index (Phi) is 3.33. The largest absolute Gasteiger partial charge is 0.368 e. The lowest BCUT2D eigenvalue weighted by Gasteiger charge is -2.27. The Balaban J connectivity index is 2.46. The molecule has 0 radical (unpaired) electrons. The highest BCUT2D eigenvalue weighted by Gasteiger charge is 2.30. The van der Waals surface area contributed by atoms with Gasteiger partial charge in [0.25, 0.3) is 5.56 Å². The molecule has 1 aliphatic carbocycles. The van der Waals surface area contributed by atoms with Crippen LogP contribution in [0.25, 0.3) is 0 Å². The molecule has 0 bridgehead atoms. The van der Waals surface area contributed by atoms with Crippen LogP contribution in [-0.4, -0.2) is 16.6 Å². The number of rotatable bonds is 4.